The molecule has 3 aromatic rings. The number of nitrogens with one attached hydrogen (secondary N) is 2. The van der Waals surface area contributed by atoms with Crippen molar-refractivity contribution in [2.24, 2.45) is 5.14 Å². The Kier molecular flexibility index (Phi) is 5.71. The number of carbonyl (C=O) groups is 1. The first-order valence-electron chi connectivity index (χ1n) is 8.98. The summed E-state index contributed by atoms with van der Waals surface area (Å²) in [6.45, 7) is 5.56. The number of hydrogen-bond donors (Lipinski definition) is 3. The highest BCUT2D eigenvalue weighted by atomic mass is 32.2. The van der Waals surface area contributed by atoms with Crippen LogP contribution < -0.4 is 15.8 Å². The van der Waals surface area contributed by atoms with Crippen LogP contribution in [0.1, 0.15) is 18.3 Å². The number of para-hydroxylation sites is 1. The van der Waals surface area contributed by atoms with E-state index in [-0.39, 0.29) is 10.8 Å². The van der Waals surface area contributed by atoms with Gasteiger partial charge in [0, 0.05) is 5.69 Å². The lowest BCUT2D eigenvalue weighted by atomic mass is 10.2. The lowest BCUT2D eigenvalue weighted by molar-refractivity contribution is -0.116. The van der Waals surface area contributed by atoms with Gasteiger partial charge in [0.05, 0.1) is 27.7 Å². The number of sulfonamides is 1. The fourth-order valence-electron chi connectivity index (χ4n) is 2.93. The van der Waals surface area contributed by atoms with Gasteiger partial charge in [-0.1, -0.05) is 18.2 Å². The zero-order valence-corrected chi connectivity index (χ0v) is 17.2. The summed E-state index contributed by atoms with van der Waals surface area (Å²) in [5.74, 6) is -0.264. The maximum Gasteiger partial charge on any atom is 0.246 e. The SMILES string of the molecule is Cc1nn(-c2ccccc2)c(C)c1NC(C)C(=O)Nc1ccc(S(N)(=O)=O)cc1. The molecule has 0 aliphatic rings. The monoisotopic (exact) mass is 413 g/mol. The maximum absolute atomic E-state index is 12.6. The molecule has 8 nitrogen and oxygen atoms in total. The van der Waals surface area contributed by atoms with E-state index in [1.165, 1.54) is 24.3 Å². The van der Waals surface area contributed by atoms with Crippen molar-refractivity contribution in [3.05, 3.63) is 66.0 Å². The minimum absolute atomic E-state index is 0.0127. The van der Waals surface area contributed by atoms with E-state index in [2.05, 4.69) is 15.7 Å². The molecule has 3 rings (SSSR count). The first-order chi connectivity index (χ1) is 13.7. The standard InChI is InChI=1S/C20H23N5O3S/c1-13-19(15(3)25(24-13)17-7-5-4-6-8-17)22-14(2)20(26)23-16-9-11-18(12-10-16)29(21,27)28/h4-12,14,22H,1-3H3,(H,23,26)(H2,21,27,28). The van der Waals surface area contributed by atoms with Gasteiger partial charge in [-0.2, -0.15) is 5.10 Å². The molecule has 0 saturated heterocycles. The van der Waals surface area contributed by atoms with Crippen LogP contribution in [0.15, 0.2) is 59.5 Å². The Balaban J connectivity index is 1.72. The third-order valence-electron chi connectivity index (χ3n) is 4.50. The molecule has 0 aliphatic heterocycles. The molecule has 29 heavy (non-hydrogen) atoms. The van der Waals surface area contributed by atoms with Crippen LogP contribution in [0.3, 0.4) is 0 Å². The summed E-state index contributed by atoms with van der Waals surface area (Å²) in [5.41, 5.74) is 3.88. The normalized spacial score (nSPS) is 12.4. The molecule has 0 aliphatic carbocycles. The van der Waals surface area contributed by atoms with Crippen LogP contribution in [0, 0.1) is 13.8 Å². The van der Waals surface area contributed by atoms with E-state index in [1.54, 1.807) is 6.92 Å². The van der Waals surface area contributed by atoms with Crippen LogP contribution in [0.2, 0.25) is 0 Å². The smallest absolute Gasteiger partial charge is 0.246 e. The van der Waals surface area contributed by atoms with Crippen LogP contribution >= 0.6 is 0 Å². The lowest BCUT2D eigenvalue weighted by Crippen LogP contribution is -2.32. The third kappa shape index (κ3) is 4.64. The molecule has 2 aromatic carbocycles. The van der Waals surface area contributed by atoms with Gasteiger partial charge in [0.15, 0.2) is 0 Å². The van der Waals surface area contributed by atoms with Gasteiger partial charge in [-0.05, 0) is 57.2 Å². The molecule has 0 bridgehead atoms. The second kappa shape index (κ2) is 8.06. The molecular weight excluding hydrogens is 390 g/mol. The highest BCUT2D eigenvalue weighted by molar-refractivity contribution is 7.89. The summed E-state index contributed by atoms with van der Waals surface area (Å²) < 4.78 is 24.5. The van der Waals surface area contributed by atoms with Crippen LogP contribution in [0.5, 0.6) is 0 Å². The van der Waals surface area contributed by atoms with E-state index in [0.717, 1.165) is 22.8 Å². The van der Waals surface area contributed by atoms with Gasteiger partial charge in [-0.15, -0.1) is 0 Å². The fourth-order valence-corrected chi connectivity index (χ4v) is 3.45. The second-order valence-corrected chi connectivity index (χ2v) is 8.28. The molecule has 1 amide bonds. The van der Waals surface area contributed by atoms with E-state index in [1.807, 2.05) is 48.9 Å². The van der Waals surface area contributed by atoms with E-state index < -0.39 is 16.1 Å². The Labute approximate surface area is 169 Å². The van der Waals surface area contributed by atoms with Gasteiger partial charge in [-0.3, -0.25) is 4.79 Å². The number of benzene rings is 2. The van der Waals surface area contributed by atoms with Crippen LogP contribution in [-0.4, -0.2) is 30.1 Å². The van der Waals surface area contributed by atoms with Crippen LogP contribution in [-0.2, 0) is 14.8 Å². The van der Waals surface area contributed by atoms with Gasteiger partial charge >= 0.3 is 0 Å². The quantitative estimate of drug-likeness (QED) is 0.574. The van der Waals surface area contributed by atoms with Crippen LogP contribution in [0.4, 0.5) is 11.4 Å². The number of nitrogens with zero attached hydrogens (tertiary/aromatic N) is 2. The average Bonchev–Trinajstić information content (AvgIpc) is 2.96. The first-order valence-corrected chi connectivity index (χ1v) is 10.5. The number of carbonyl (C=O) groups excluding carboxylic acids is 1. The summed E-state index contributed by atoms with van der Waals surface area (Å²) >= 11 is 0. The van der Waals surface area contributed by atoms with Crippen molar-refractivity contribution in [1.82, 2.24) is 9.78 Å². The zero-order valence-electron chi connectivity index (χ0n) is 16.4. The topological polar surface area (TPSA) is 119 Å². The second-order valence-electron chi connectivity index (χ2n) is 6.72. The number of nitrogens with two attached hydrogens (primary N) is 1. The van der Waals surface area contributed by atoms with Gasteiger partial charge in [0.2, 0.25) is 15.9 Å². The summed E-state index contributed by atoms with van der Waals surface area (Å²) in [6.07, 6.45) is 0. The first kappa shape index (κ1) is 20.6. The molecule has 0 fully saturated rings. The van der Waals surface area contributed by atoms with E-state index in [4.69, 9.17) is 5.14 Å². The Morgan fingerprint density at radius 3 is 2.28 bits per heavy atom. The number of primary sulfonamides is 1. The number of rotatable bonds is 6. The molecule has 0 saturated carbocycles. The highest BCUT2D eigenvalue weighted by Crippen LogP contribution is 2.23. The van der Waals surface area contributed by atoms with Crippen molar-refractivity contribution >= 4 is 27.3 Å². The van der Waals surface area contributed by atoms with Gasteiger partial charge < -0.3 is 10.6 Å². The van der Waals surface area contributed by atoms with Crippen molar-refractivity contribution in [3.63, 3.8) is 0 Å². The molecule has 1 unspecified atom stereocenters. The largest absolute Gasteiger partial charge is 0.371 e. The molecule has 1 heterocycles. The molecule has 9 heteroatoms. The minimum Gasteiger partial charge on any atom is -0.371 e. The number of anilines is 2. The van der Waals surface area contributed by atoms with Crippen molar-refractivity contribution in [3.8, 4) is 5.69 Å². The highest BCUT2D eigenvalue weighted by Gasteiger charge is 2.19. The molecule has 1 atom stereocenters. The molecule has 0 radical (unpaired) electrons. The van der Waals surface area contributed by atoms with Crippen molar-refractivity contribution < 1.29 is 13.2 Å². The predicted molar refractivity (Wildman–Crippen MR) is 113 cm³/mol. The molecule has 4 N–H and O–H groups in total. The van der Waals surface area contributed by atoms with E-state index in [0.29, 0.717) is 5.69 Å². The summed E-state index contributed by atoms with van der Waals surface area (Å²) in [4.78, 5) is 12.5. The number of hydrogen-bond acceptors (Lipinski definition) is 5. The van der Waals surface area contributed by atoms with Gasteiger partial charge in [-0.25, -0.2) is 18.2 Å². The summed E-state index contributed by atoms with van der Waals surface area (Å²) in [5, 5.41) is 15.6. The van der Waals surface area contributed by atoms with Crippen molar-refractivity contribution in [1.29, 1.82) is 0 Å². The van der Waals surface area contributed by atoms with Crippen LogP contribution in [0.25, 0.3) is 5.69 Å². The number of aryl methyl sites for hydroxylation is 1. The number of amides is 1. The predicted octanol–water partition coefficient (Wildman–Crippen LogP) is 2.58. The molecular formula is C20H23N5O3S. The van der Waals surface area contributed by atoms with Crippen molar-refractivity contribution in [2.45, 2.75) is 31.7 Å². The Morgan fingerprint density at radius 1 is 1.07 bits per heavy atom. The Morgan fingerprint density at radius 2 is 1.69 bits per heavy atom. The third-order valence-corrected chi connectivity index (χ3v) is 5.43. The lowest BCUT2D eigenvalue weighted by Gasteiger charge is -2.16. The van der Waals surface area contributed by atoms with E-state index in [9.17, 15) is 13.2 Å². The maximum atomic E-state index is 12.6. The zero-order chi connectivity index (χ0) is 21.2. The Bertz CT molecular complexity index is 1120. The van der Waals surface area contributed by atoms with Crippen molar-refractivity contribution in [2.75, 3.05) is 10.6 Å². The fraction of sp³-hybridized carbons (Fsp3) is 0.200. The Hall–Kier alpha value is -3.17. The average molecular weight is 414 g/mol. The number of aromatic nitrogens is 2. The molecule has 152 valence electrons. The minimum atomic E-state index is -3.77. The van der Waals surface area contributed by atoms with E-state index >= 15 is 0 Å². The molecule has 0 spiro atoms. The summed E-state index contributed by atoms with van der Waals surface area (Å²) in [6, 6.07) is 14.9. The molecule has 1 aromatic heterocycles. The summed E-state index contributed by atoms with van der Waals surface area (Å²) in [7, 11) is -3.77. The van der Waals surface area contributed by atoms with Gasteiger partial charge in [0.1, 0.15) is 6.04 Å². The van der Waals surface area contributed by atoms with Gasteiger partial charge in [0.25, 0.3) is 0 Å².